The van der Waals surface area contributed by atoms with E-state index in [9.17, 15) is 14.7 Å². The molecule has 0 bridgehead atoms. The fourth-order valence-electron chi connectivity index (χ4n) is 1.87. The van der Waals surface area contributed by atoms with Crippen LogP contribution in [0.15, 0.2) is 37.1 Å². The lowest BCUT2D eigenvalue weighted by Crippen LogP contribution is -2.42. The maximum atomic E-state index is 11.4. The summed E-state index contributed by atoms with van der Waals surface area (Å²) in [5.41, 5.74) is 1.64. The molecule has 0 spiro atoms. The number of carboxylic acids is 1. The molecule has 2 aromatic rings. The van der Waals surface area contributed by atoms with Crippen LogP contribution in [-0.2, 0) is 16.0 Å². The Hall–Kier alpha value is -2.83. The first-order chi connectivity index (χ1) is 10.1. The van der Waals surface area contributed by atoms with Gasteiger partial charge in [-0.15, -0.1) is 0 Å². The lowest BCUT2D eigenvalue weighted by atomic mass is 10.0. The lowest BCUT2D eigenvalue weighted by molar-refractivity contribution is -0.139. The number of fused-ring (bicyclic) bond motifs is 1. The second kappa shape index (κ2) is 6.56. The van der Waals surface area contributed by atoms with Gasteiger partial charge in [-0.2, -0.15) is 5.10 Å². The van der Waals surface area contributed by atoms with E-state index in [1.807, 2.05) is 12.1 Å². The summed E-state index contributed by atoms with van der Waals surface area (Å²) in [4.78, 5) is 22.6. The van der Waals surface area contributed by atoms with Gasteiger partial charge in [0, 0.05) is 11.8 Å². The molecular formula is C14H15N3O4. The number of aromatic amines is 1. The largest absolute Gasteiger partial charge is 0.480 e. The standard InChI is InChI=1S/C14H15N3O4/c1-2-5-21-14(20)16-12(13(18)19)7-9-3-4-11-10(6-9)8-15-17-11/h2-4,6,8,12H,1,5,7H2,(H,15,17)(H,16,20)(H,18,19). The molecule has 3 N–H and O–H groups in total. The first-order valence-electron chi connectivity index (χ1n) is 6.29. The molecule has 110 valence electrons. The highest BCUT2D eigenvalue weighted by atomic mass is 16.5. The minimum Gasteiger partial charge on any atom is -0.480 e. The third-order valence-corrected chi connectivity index (χ3v) is 2.87. The molecule has 0 aliphatic carbocycles. The van der Waals surface area contributed by atoms with Gasteiger partial charge < -0.3 is 15.2 Å². The quantitative estimate of drug-likeness (QED) is 0.698. The summed E-state index contributed by atoms with van der Waals surface area (Å²) in [6, 6.07) is 4.36. The van der Waals surface area contributed by atoms with E-state index in [2.05, 4.69) is 22.1 Å². The summed E-state index contributed by atoms with van der Waals surface area (Å²) in [5, 5.41) is 19.1. The number of aliphatic carboxylic acids is 1. The monoisotopic (exact) mass is 289 g/mol. The zero-order valence-corrected chi connectivity index (χ0v) is 11.2. The second-order valence-corrected chi connectivity index (χ2v) is 4.42. The molecule has 1 aromatic carbocycles. The number of ether oxygens (including phenoxy) is 1. The Labute approximate surface area is 120 Å². The molecule has 1 atom stereocenters. The highest BCUT2D eigenvalue weighted by Gasteiger charge is 2.21. The van der Waals surface area contributed by atoms with Gasteiger partial charge in [0.25, 0.3) is 0 Å². The lowest BCUT2D eigenvalue weighted by Gasteiger charge is -2.14. The Morgan fingerprint density at radius 1 is 1.52 bits per heavy atom. The Morgan fingerprint density at radius 3 is 3.05 bits per heavy atom. The molecule has 1 aromatic heterocycles. The van der Waals surface area contributed by atoms with Gasteiger partial charge in [-0.25, -0.2) is 9.59 Å². The molecule has 1 unspecified atom stereocenters. The highest BCUT2D eigenvalue weighted by Crippen LogP contribution is 2.14. The third-order valence-electron chi connectivity index (χ3n) is 2.87. The van der Waals surface area contributed by atoms with Crippen molar-refractivity contribution >= 4 is 23.0 Å². The van der Waals surface area contributed by atoms with Crippen molar-refractivity contribution in [1.29, 1.82) is 0 Å². The molecular weight excluding hydrogens is 274 g/mol. The third kappa shape index (κ3) is 3.82. The Bertz CT molecular complexity index is 665. The zero-order chi connectivity index (χ0) is 15.2. The topological polar surface area (TPSA) is 104 Å². The number of amides is 1. The van der Waals surface area contributed by atoms with E-state index in [4.69, 9.17) is 4.74 Å². The average molecular weight is 289 g/mol. The molecule has 0 saturated carbocycles. The highest BCUT2D eigenvalue weighted by molar-refractivity contribution is 5.81. The Balaban J connectivity index is 2.06. The van der Waals surface area contributed by atoms with Crippen LogP contribution in [0.3, 0.4) is 0 Å². The molecule has 7 heteroatoms. The van der Waals surface area contributed by atoms with Crippen molar-refractivity contribution < 1.29 is 19.4 Å². The van der Waals surface area contributed by atoms with E-state index < -0.39 is 18.1 Å². The molecule has 0 radical (unpaired) electrons. The van der Waals surface area contributed by atoms with Crippen molar-refractivity contribution in [3.63, 3.8) is 0 Å². The van der Waals surface area contributed by atoms with Crippen LogP contribution in [0.2, 0.25) is 0 Å². The summed E-state index contributed by atoms with van der Waals surface area (Å²) in [6.45, 7) is 3.44. The number of aromatic nitrogens is 2. The molecule has 1 amide bonds. The van der Waals surface area contributed by atoms with E-state index in [0.717, 1.165) is 16.5 Å². The number of carbonyl (C=O) groups is 2. The van der Waals surface area contributed by atoms with E-state index in [-0.39, 0.29) is 13.0 Å². The Morgan fingerprint density at radius 2 is 2.33 bits per heavy atom. The summed E-state index contributed by atoms with van der Waals surface area (Å²) in [5.74, 6) is -1.13. The smallest absolute Gasteiger partial charge is 0.408 e. The summed E-state index contributed by atoms with van der Waals surface area (Å²) in [7, 11) is 0. The van der Waals surface area contributed by atoms with Crippen LogP contribution in [0.4, 0.5) is 4.79 Å². The van der Waals surface area contributed by atoms with Crippen LogP contribution in [0.25, 0.3) is 10.9 Å². The van der Waals surface area contributed by atoms with Gasteiger partial charge in [0.15, 0.2) is 0 Å². The van der Waals surface area contributed by atoms with Crippen molar-refractivity contribution in [2.45, 2.75) is 12.5 Å². The molecule has 21 heavy (non-hydrogen) atoms. The van der Waals surface area contributed by atoms with Crippen LogP contribution in [0.1, 0.15) is 5.56 Å². The number of alkyl carbamates (subject to hydrolysis) is 1. The number of hydrogen-bond donors (Lipinski definition) is 3. The summed E-state index contributed by atoms with van der Waals surface area (Å²) in [6.07, 6.45) is 2.43. The molecule has 2 rings (SSSR count). The first kappa shape index (κ1) is 14.6. The van der Waals surface area contributed by atoms with E-state index >= 15 is 0 Å². The van der Waals surface area contributed by atoms with E-state index in [0.29, 0.717) is 0 Å². The molecule has 0 saturated heterocycles. The average Bonchev–Trinajstić information content (AvgIpc) is 2.91. The normalized spacial score (nSPS) is 11.8. The number of carbonyl (C=O) groups excluding carboxylic acids is 1. The van der Waals surface area contributed by atoms with Crippen molar-refractivity contribution in [2.24, 2.45) is 0 Å². The minimum absolute atomic E-state index is 0.0269. The summed E-state index contributed by atoms with van der Waals surface area (Å²) >= 11 is 0. The van der Waals surface area contributed by atoms with Crippen LogP contribution in [0, 0.1) is 0 Å². The first-order valence-corrected chi connectivity index (χ1v) is 6.29. The van der Waals surface area contributed by atoms with Gasteiger partial charge in [-0.1, -0.05) is 18.7 Å². The van der Waals surface area contributed by atoms with Crippen LogP contribution < -0.4 is 5.32 Å². The van der Waals surface area contributed by atoms with Gasteiger partial charge in [-0.05, 0) is 17.7 Å². The van der Waals surface area contributed by atoms with Crippen LogP contribution >= 0.6 is 0 Å². The number of nitrogens with one attached hydrogen (secondary N) is 2. The summed E-state index contributed by atoms with van der Waals surface area (Å²) < 4.78 is 4.72. The van der Waals surface area contributed by atoms with Crippen LogP contribution in [-0.4, -0.2) is 40.0 Å². The number of nitrogens with zero attached hydrogens (tertiary/aromatic N) is 1. The number of H-pyrrole nitrogens is 1. The van der Waals surface area contributed by atoms with Gasteiger partial charge in [0.2, 0.25) is 0 Å². The maximum Gasteiger partial charge on any atom is 0.408 e. The van der Waals surface area contributed by atoms with Gasteiger partial charge >= 0.3 is 12.1 Å². The second-order valence-electron chi connectivity index (χ2n) is 4.42. The fraction of sp³-hybridized carbons (Fsp3) is 0.214. The Kier molecular flexibility index (Phi) is 4.55. The van der Waals surface area contributed by atoms with E-state index in [1.54, 1.807) is 12.3 Å². The predicted molar refractivity (Wildman–Crippen MR) is 75.9 cm³/mol. The van der Waals surface area contributed by atoms with Gasteiger partial charge in [0.1, 0.15) is 12.6 Å². The molecule has 0 aliphatic heterocycles. The molecule has 7 nitrogen and oxygen atoms in total. The molecule has 1 heterocycles. The van der Waals surface area contributed by atoms with E-state index in [1.165, 1.54) is 6.08 Å². The van der Waals surface area contributed by atoms with Crippen molar-refractivity contribution in [2.75, 3.05) is 6.61 Å². The minimum atomic E-state index is -1.13. The van der Waals surface area contributed by atoms with Crippen molar-refractivity contribution in [1.82, 2.24) is 15.5 Å². The van der Waals surface area contributed by atoms with Crippen molar-refractivity contribution in [3.8, 4) is 0 Å². The number of carboxylic acid groups (broad SMARTS) is 1. The van der Waals surface area contributed by atoms with Gasteiger partial charge in [0.05, 0.1) is 11.7 Å². The van der Waals surface area contributed by atoms with Crippen LogP contribution in [0.5, 0.6) is 0 Å². The number of benzene rings is 1. The van der Waals surface area contributed by atoms with Crippen molar-refractivity contribution in [3.05, 3.63) is 42.6 Å². The maximum absolute atomic E-state index is 11.4. The SMILES string of the molecule is C=CCOC(=O)NC(Cc1ccc2[nH]ncc2c1)C(=O)O. The zero-order valence-electron chi connectivity index (χ0n) is 11.2. The number of hydrogen-bond acceptors (Lipinski definition) is 4. The number of rotatable bonds is 6. The fourth-order valence-corrected chi connectivity index (χ4v) is 1.87. The molecule has 0 aliphatic rings. The molecule has 0 fully saturated rings. The van der Waals surface area contributed by atoms with Gasteiger partial charge in [-0.3, -0.25) is 5.10 Å². The predicted octanol–water partition coefficient (Wildman–Crippen LogP) is 1.47.